The number of thiazole rings is 1. The zero-order valence-electron chi connectivity index (χ0n) is 9.02. The lowest BCUT2D eigenvalue weighted by Crippen LogP contribution is -2.17. The van der Waals surface area contributed by atoms with E-state index in [1.54, 1.807) is 11.3 Å². The molecule has 2 nitrogen and oxygen atoms in total. The maximum Gasteiger partial charge on any atom is 0.0794 e. The third-order valence-corrected chi connectivity index (χ3v) is 3.92. The molecule has 3 heteroatoms. The van der Waals surface area contributed by atoms with Crippen LogP contribution in [0.3, 0.4) is 0 Å². The van der Waals surface area contributed by atoms with Crippen LogP contribution in [0.4, 0.5) is 0 Å². The number of nitrogens with zero attached hydrogens (tertiary/aromatic N) is 1. The summed E-state index contributed by atoms with van der Waals surface area (Å²) >= 11 is 1.71. The predicted molar refractivity (Wildman–Crippen MR) is 66.5 cm³/mol. The Labute approximate surface area is 99.4 Å². The summed E-state index contributed by atoms with van der Waals surface area (Å²) in [5.41, 5.74) is 4.87. The largest absolute Gasteiger partial charge is 0.305 e. The lowest BCUT2D eigenvalue weighted by atomic mass is 10.1. The number of aromatic nitrogens is 1. The molecular formula is C13H14N2S. The first-order valence-electron chi connectivity index (χ1n) is 5.62. The number of hydrogen-bond acceptors (Lipinski definition) is 3. The van der Waals surface area contributed by atoms with Crippen LogP contribution < -0.4 is 5.32 Å². The van der Waals surface area contributed by atoms with Crippen molar-refractivity contribution in [1.29, 1.82) is 0 Å². The first kappa shape index (κ1) is 10.00. The topological polar surface area (TPSA) is 24.9 Å². The van der Waals surface area contributed by atoms with E-state index in [4.69, 9.17) is 0 Å². The van der Waals surface area contributed by atoms with E-state index in [0.29, 0.717) is 6.04 Å². The summed E-state index contributed by atoms with van der Waals surface area (Å²) in [4.78, 5) is 5.40. The van der Waals surface area contributed by atoms with Gasteiger partial charge in [0.1, 0.15) is 0 Å². The lowest BCUT2D eigenvalue weighted by Gasteiger charge is -2.12. The molecule has 2 aromatic rings. The molecule has 3 rings (SSSR count). The Morgan fingerprint density at radius 3 is 3.19 bits per heavy atom. The number of fused-ring (bicyclic) bond motifs is 1. The van der Waals surface area contributed by atoms with Gasteiger partial charge in [0.2, 0.25) is 0 Å². The second-order valence-corrected chi connectivity index (χ2v) is 5.11. The van der Waals surface area contributed by atoms with E-state index in [2.05, 4.69) is 34.6 Å². The van der Waals surface area contributed by atoms with Gasteiger partial charge in [-0.05, 0) is 24.0 Å². The van der Waals surface area contributed by atoms with Crippen LogP contribution in [0.1, 0.15) is 28.5 Å². The van der Waals surface area contributed by atoms with Gasteiger partial charge in [0.25, 0.3) is 0 Å². The standard InChI is InChI=1S/C13H14N2S/c1-2-4-12-10(3-1)5-6-13(12)15-8-11-7-14-9-16-11/h1-4,7,9,13,15H,5-6,8H2. The van der Waals surface area contributed by atoms with Gasteiger partial charge in [-0.2, -0.15) is 0 Å². The molecule has 1 N–H and O–H groups in total. The number of hydrogen-bond donors (Lipinski definition) is 1. The Balaban J connectivity index is 1.69. The molecule has 0 saturated heterocycles. The average Bonchev–Trinajstić information content (AvgIpc) is 2.96. The van der Waals surface area contributed by atoms with Gasteiger partial charge in [-0.3, -0.25) is 4.98 Å². The van der Waals surface area contributed by atoms with Gasteiger partial charge in [-0.25, -0.2) is 0 Å². The Morgan fingerprint density at radius 1 is 1.38 bits per heavy atom. The first-order valence-corrected chi connectivity index (χ1v) is 6.50. The predicted octanol–water partition coefficient (Wildman–Crippen LogP) is 2.92. The Bertz CT molecular complexity index is 465. The molecular weight excluding hydrogens is 216 g/mol. The van der Waals surface area contributed by atoms with Crippen molar-refractivity contribution in [3.63, 3.8) is 0 Å². The average molecular weight is 230 g/mol. The highest BCUT2D eigenvalue weighted by molar-refractivity contribution is 7.09. The van der Waals surface area contributed by atoms with E-state index in [9.17, 15) is 0 Å². The summed E-state index contributed by atoms with van der Waals surface area (Å²) in [5, 5.41) is 3.61. The summed E-state index contributed by atoms with van der Waals surface area (Å²) < 4.78 is 0. The van der Waals surface area contributed by atoms with Crippen molar-refractivity contribution in [2.24, 2.45) is 0 Å². The van der Waals surface area contributed by atoms with Gasteiger partial charge in [0.05, 0.1) is 5.51 Å². The molecule has 0 saturated carbocycles. The number of nitrogens with one attached hydrogen (secondary N) is 1. The molecule has 16 heavy (non-hydrogen) atoms. The zero-order valence-corrected chi connectivity index (χ0v) is 9.83. The molecule has 1 unspecified atom stereocenters. The minimum absolute atomic E-state index is 0.526. The van der Waals surface area contributed by atoms with Crippen LogP contribution in [0.25, 0.3) is 0 Å². The third kappa shape index (κ3) is 1.88. The quantitative estimate of drug-likeness (QED) is 0.877. The van der Waals surface area contributed by atoms with Gasteiger partial charge < -0.3 is 5.32 Å². The van der Waals surface area contributed by atoms with Crippen molar-refractivity contribution in [1.82, 2.24) is 10.3 Å². The van der Waals surface area contributed by atoms with Crippen molar-refractivity contribution in [2.75, 3.05) is 0 Å². The summed E-state index contributed by atoms with van der Waals surface area (Å²) in [5.74, 6) is 0. The van der Waals surface area contributed by atoms with E-state index >= 15 is 0 Å². The highest BCUT2D eigenvalue weighted by Gasteiger charge is 2.20. The molecule has 0 spiro atoms. The molecule has 0 amide bonds. The van der Waals surface area contributed by atoms with Gasteiger partial charge >= 0.3 is 0 Å². The molecule has 1 heterocycles. The van der Waals surface area contributed by atoms with Crippen molar-refractivity contribution in [3.05, 3.63) is 52.0 Å². The van der Waals surface area contributed by atoms with Crippen LogP contribution >= 0.6 is 11.3 Å². The number of benzene rings is 1. The van der Waals surface area contributed by atoms with E-state index in [-0.39, 0.29) is 0 Å². The number of aryl methyl sites for hydroxylation is 1. The van der Waals surface area contributed by atoms with Gasteiger partial charge in [-0.1, -0.05) is 24.3 Å². The van der Waals surface area contributed by atoms with Gasteiger partial charge in [-0.15, -0.1) is 11.3 Å². The summed E-state index contributed by atoms with van der Waals surface area (Å²) in [6.07, 6.45) is 4.37. The van der Waals surface area contributed by atoms with Crippen LogP contribution in [-0.2, 0) is 13.0 Å². The molecule has 0 aliphatic heterocycles. The van der Waals surface area contributed by atoms with Crippen LogP contribution in [0, 0.1) is 0 Å². The van der Waals surface area contributed by atoms with E-state index in [1.807, 2.05) is 11.7 Å². The molecule has 82 valence electrons. The smallest absolute Gasteiger partial charge is 0.0794 e. The van der Waals surface area contributed by atoms with Crippen molar-refractivity contribution < 1.29 is 0 Å². The summed E-state index contributed by atoms with van der Waals surface area (Å²) in [6.45, 7) is 0.934. The minimum atomic E-state index is 0.526. The minimum Gasteiger partial charge on any atom is -0.305 e. The van der Waals surface area contributed by atoms with E-state index in [1.165, 1.54) is 28.8 Å². The molecule has 1 aliphatic carbocycles. The SMILES string of the molecule is c1ccc2c(c1)CCC2NCc1cncs1. The second kappa shape index (κ2) is 4.36. The maximum atomic E-state index is 4.09. The van der Waals surface area contributed by atoms with Crippen LogP contribution in [-0.4, -0.2) is 4.98 Å². The summed E-state index contributed by atoms with van der Waals surface area (Å²) in [6, 6.07) is 9.27. The Morgan fingerprint density at radius 2 is 2.31 bits per heavy atom. The van der Waals surface area contributed by atoms with Gasteiger partial charge in [0.15, 0.2) is 0 Å². The highest BCUT2D eigenvalue weighted by Crippen LogP contribution is 2.30. The Kier molecular flexibility index (Phi) is 2.72. The Hall–Kier alpha value is -1.19. The van der Waals surface area contributed by atoms with E-state index < -0.39 is 0 Å². The fourth-order valence-electron chi connectivity index (χ4n) is 2.32. The third-order valence-electron chi connectivity index (χ3n) is 3.14. The van der Waals surface area contributed by atoms with E-state index in [0.717, 1.165) is 6.54 Å². The molecule has 1 aromatic carbocycles. The highest BCUT2D eigenvalue weighted by atomic mass is 32.1. The van der Waals surface area contributed by atoms with Gasteiger partial charge in [0, 0.05) is 23.7 Å². The van der Waals surface area contributed by atoms with Crippen molar-refractivity contribution in [3.8, 4) is 0 Å². The van der Waals surface area contributed by atoms with Crippen molar-refractivity contribution in [2.45, 2.75) is 25.4 Å². The van der Waals surface area contributed by atoms with Crippen LogP contribution in [0.2, 0.25) is 0 Å². The second-order valence-electron chi connectivity index (χ2n) is 4.14. The molecule has 1 aliphatic rings. The monoisotopic (exact) mass is 230 g/mol. The molecule has 0 fully saturated rings. The number of rotatable bonds is 3. The fraction of sp³-hybridized carbons (Fsp3) is 0.308. The maximum absolute atomic E-state index is 4.09. The fourth-order valence-corrected chi connectivity index (χ4v) is 2.87. The molecule has 1 atom stereocenters. The summed E-state index contributed by atoms with van der Waals surface area (Å²) in [7, 11) is 0. The molecule has 0 radical (unpaired) electrons. The zero-order chi connectivity index (χ0) is 10.8. The van der Waals surface area contributed by atoms with Crippen LogP contribution in [0.15, 0.2) is 36.0 Å². The lowest BCUT2D eigenvalue weighted by molar-refractivity contribution is 0.533. The molecule has 1 aromatic heterocycles. The first-order chi connectivity index (χ1) is 7.93. The molecule has 0 bridgehead atoms. The van der Waals surface area contributed by atoms with Crippen molar-refractivity contribution >= 4 is 11.3 Å². The van der Waals surface area contributed by atoms with Crippen LogP contribution in [0.5, 0.6) is 0 Å². The normalized spacial score (nSPS) is 18.6.